The highest BCUT2D eigenvalue weighted by Crippen LogP contribution is 2.10. The largest absolute Gasteiger partial charge is 0.336 e. The van der Waals surface area contributed by atoms with Gasteiger partial charge in [-0.25, -0.2) is 9.78 Å². The number of hydrogen-bond acceptors (Lipinski definition) is 3. The van der Waals surface area contributed by atoms with Gasteiger partial charge in [0.2, 0.25) is 0 Å². The van der Waals surface area contributed by atoms with Gasteiger partial charge >= 0.3 is 5.69 Å². The monoisotopic (exact) mass is 292 g/mol. The van der Waals surface area contributed by atoms with Crippen molar-refractivity contribution in [1.29, 1.82) is 0 Å². The number of imidazole rings is 1. The average Bonchev–Trinajstić information content (AvgIpc) is 2.88. The van der Waals surface area contributed by atoms with Gasteiger partial charge in [0.1, 0.15) is 11.3 Å². The van der Waals surface area contributed by atoms with E-state index in [9.17, 15) is 9.59 Å². The third-order valence-corrected chi connectivity index (χ3v) is 3.65. The van der Waals surface area contributed by atoms with Gasteiger partial charge in [0.05, 0.1) is 0 Å². The Morgan fingerprint density at radius 1 is 1.00 bits per heavy atom. The molecule has 2 aromatic heterocycles. The molecule has 2 aromatic rings. The summed E-state index contributed by atoms with van der Waals surface area (Å²) >= 11 is 0. The maximum Gasteiger partial charge on any atom is 0.330 e. The Morgan fingerprint density at radius 3 is 2.48 bits per heavy atom. The van der Waals surface area contributed by atoms with E-state index in [1.54, 1.807) is 0 Å². The van der Waals surface area contributed by atoms with Crippen LogP contribution in [0.25, 0.3) is 11.2 Å². The summed E-state index contributed by atoms with van der Waals surface area (Å²) in [6.45, 7) is 4.75. The number of aromatic nitrogens is 4. The third-order valence-electron chi connectivity index (χ3n) is 3.65. The summed E-state index contributed by atoms with van der Waals surface area (Å²) in [7, 11) is 0. The fraction of sp³-hybridized carbons (Fsp3) is 0.667. The molecular weight excluding hydrogens is 268 g/mol. The normalized spacial score (nSPS) is 11.3. The van der Waals surface area contributed by atoms with Crippen LogP contribution in [0, 0.1) is 0 Å². The Kier molecular flexibility index (Phi) is 5.36. The molecule has 6 heteroatoms. The van der Waals surface area contributed by atoms with Gasteiger partial charge in [-0.2, -0.15) is 0 Å². The van der Waals surface area contributed by atoms with Crippen LogP contribution in [-0.2, 0) is 13.0 Å². The zero-order valence-electron chi connectivity index (χ0n) is 12.9. The molecule has 2 heterocycles. The first-order valence-corrected chi connectivity index (χ1v) is 7.89. The van der Waals surface area contributed by atoms with Crippen LogP contribution in [0.3, 0.4) is 0 Å². The first-order valence-electron chi connectivity index (χ1n) is 7.89. The van der Waals surface area contributed by atoms with Gasteiger partial charge in [0.25, 0.3) is 5.56 Å². The molecule has 0 unspecified atom stereocenters. The van der Waals surface area contributed by atoms with E-state index in [1.807, 2.05) is 6.92 Å². The lowest BCUT2D eigenvalue weighted by Gasteiger charge is -2.02. The summed E-state index contributed by atoms with van der Waals surface area (Å²) in [5.74, 6) is 0.794. The quantitative estimate of drug-likeness (QED) is 0.732. The highest BCUT2D eigenvalue weighted by Gasteiger charge is 2.12. The van der Waals surface area contributed by atoms with E-state index < -0.39 is 0 Å². The molecule has 0 aliphatic carbocycles. The molecule has 0 aliphatic rings. The molecule has 0 amide bonds. The van der Waals surface area contributed by atoms with Crippen LogP contribution in [0.15, 0.2) is 9.59 Å². The minimum atomic E-state index is -0.382. The Balaban J connectivity index is 2.20. The molecule has 0 radical (unpaired) electrons. The molecule has 0 saturated heterocycles. The maximum atomic E-state index is 11.8. The van der Waals surface area contributed by atoms with Gasteiger partial charge in [-0.15, -0.1) is 0 Å². The molecule has 0 bridgehead atoms. The second kappa shape index (κ2) is 7.24. The van der Waals surface area contributed by atoms with Crippen LogP contribution in [0.5, 0.6) is 0 Å². The van der Waals surface area contributed by atoms with Crippen molar-refractivity contribution in [2.24, 2.45) is 0 Å². The number of aryl methyl sites for hydroxylation is 2. The van der Waals surface area contributed by atoms with Crippen molar-refractivity contribution in [3.63, 3.8) is 0 Å². The zero-order valence-corrected chi connectivity index (χ0v) is 12.9. The highest BCUT2D eigenvalue weighted by molar-refractivity contribution is 5.69. The third kappa shape index (κ3) is 3.62. The predicted octanol–water partition coefficient (Wildman–Crippen LogP) is 2.34. The molecule has 2 N–H and O–H groups in total. The maximum absolute atomic E-state index is 11.8. The molecule has 0 aliphatic heterocycles. The van der Waals surface area contributed by atoms with Crippen molar-refractivity contribution in [2.45, 2.75) is 65.3 Å². The number of aromatic amines is 2. The van der Waals surface area contributed by atoms with Gasteiger partial charge in [-0.3, -0.25) is 14.3 Å². The average molecular weight is 292 g/mol. The van der Waals surface area contributed by atoms with Crippen LogP contribution in [0.4, 0.5) is 0 Å². The summed E-state index contributed by atoms with van der Waals surface area (Å²) in [5, 5.41) is 0. The molecule has 2 rings (SSSR count). The standard InChI is InChI=1S/C15H24N4O2/c1-3-5-6-7-8-9-11-16-12-13(17-11)19(10-4-2)15(21)18-14(12)20/h3-10H2,1-2H3,(H,16,17)(H,18,20,21). The van der Waals surface area contributed by atoms with E-state index in [2.05, 4.69) is 21.9 Å². The zero-order chi connectivity index (χ0) is 15.2. The lowest BCUT2D eigenvalue weighted by atomic mass is 10.1. The van der Waals surface area contributed by atoms with Crippen LogP contribution < -0.4 is 11.2 Å². The Labute approximate surface area is 123 Å². The van der Waals surface area contributed by atoms with Crippen molar-refractivity contribution in [1.82, 2.24) is 19.5 Å². The second-order valence-electron chi connectivity index (χ2n) is 5.46. The number of fused-ring (bicyclic) bond motifs is 1. The predicted molar refractivity (Wildman–Crippen MR) is 83.7 cm³/mol. The molecule has 21 heavy (non-hydrogen) atoms. The highest BCUT2D eigenvalue weighted by atomic mass is 16.2. The van der Waals surface area contributed by atoms with Gasteiger partial charge in [-0.05, 0) is 12.8 Å². The molecule has 0 saturated carbocycles. The lowest BCUT2D eigenvalue weighted by Crippen LogP contribution is -2.30. The van der Waals surface area contributed by atoms with Crippen LogP contribution in [0.1, 0.15) is 58.2 Å². The molecular formula is C15H24N4O2. The molecule has 0 atom stereocenters. The molecule has 0 spiro atoms. The smallest absolute Gasteiger partial charge is 0.330 e. The first-order chi connectivity index (χ1) is 10.2. The number of nitrogens with zero attached hydrogens (tertiary/aromatic N) is 2. The Bertz CT molecular complexity index is 696. The SMILES string of the molecule is CCCCCCCc1nc2c([nH]1)c(=O)[nH]c(=O)n2CCC. The molecule has 116 valence electrons. The summed E-state index contributed by atoms with van der Waals surface area (Å²) in [5.41, 5.74) is 0.128. The minimum Gasteiger partial charge on any atom is -0.336 e. The Hall–Kier alpha value is -1.85. The molecule has 6 nitrogen and oxygen atoms in total. The van der Waals surface area contributed by atoms with E-state index in [1.165, 1.54) is 30.3 Å². The van der Waals surface area contributed by atoms with Gasteiger partial charge < -0.3 is 4.98 Å². The summed E-state index contributed by atoms with van der Waals surface area (Å²) in [6.07, 6.45) is 7.58. The summed E-state index contributed by atoms with van der Waals surface area (Å²) in [4.78, 5) is 33.6. The molecule has 0 fully saturated rings. The van der Waals surface area contributed by atoms with Crippen molar-refractivity contribution in [2.75, 3.05) is 0 Å². The van der Waals surface area contributed by atoms with Crippen molar-refractivity contribution < 1.29 is 0 Å². The number of rotatable bonds is 8. The van der Waals surface area contributed by atoms with Crippen molar-refractivity contribution >= 4 is 11.2 Å². The Morgan fingerprint density at radius 2 is 1.76 bits per heavy atom. The second-order valence-corrected chi connectivity index (χ2v) is 5.46. The fourth-order valence-corrected chi connectivity index (χ4v) is 2.53. The van der Waals surface area contributed by atoms with Crippen LogP contribution in [0.2, 0.25) is 0 Å². The van der Waals surface area contributed by atoms with Crippen molar-refractivity contribution in [3.8, 4) is 0 Å². The van der Waals surface area contributed by atoms with Gasteiger partial charge in [0, 0.05) is 13.0 Å². The summed E-state index contributed by atoms with van der Waals surface area (Å²) < 4.78 is 1.54. The number of hydrogen-bond donors (Lipinski definition) is 2. The van der Waals surface area contributed by atoms with Crippen molar-refractivity contribution in [3.05, 3.63) is 26.7 Å². The minimum absolute atomic E-state index is 0.379. The van der Waals surface area contributed by atoms with E-state index in [-0.39, 0.29) is 11.2 Å². The van der Waals surface area contributed by atoms with Gasteiger partial charge in [-0.1, -0.05) is 39.5 Å². The number of H-pyrrole nitrogens is 2. The fourth-order valence-electron chi connectivity index (χ4n) is 2.53. The van der Waals surface area contributed by atoms with E-state index >= 15 is 0 Å². The van der Waals surface area contributed by atoms with E-state index in [4.69, 9.17) is 0 Å². The first kappa shape index (κ1) is 15.5. The topological polar surface area (TPSA) is 83.5 Å². The summed E-state index contributed by atoms with van der Waals surface area (Å²) in [6, 6.07) is 0. The lowest BCUT2D eigenvalue weighted by molar-refractivity contribution is 0.624. The van der Waals surface area contributed by atoms with Gasteiger partial charge in [0.15, 0.2) is 5.65 Å². The van der Waals surface area contributed by atoms with Crippen LogP contribution >= 0.6 is 0 Å². The number of unbranched alkanes of at least 4 members (excludes halogenated alkanes) is 4. The number of nitrogens with one attached hydrogen (secondary N) is 2. The molecule has 0 aromatic carbocycles. The van der Waals surface area contributed by atoms with Crippen LogP contribution in [-0.4, -0.2) is 19.5 Å². The van der Waals surface area contributed by atoms with E-state index in [0.29, 0.717) is 17.7 Å². The van der Waals surface area contributed by atoms with E-state index in [0.717, 1.165) is 25.1 Å².